The molecule has 86 valence electrons. The number of hydrogen-bond acceptors (Lipinski definition) is 4. The van der Waals surface area contributed by atoms with Crippen LogP contribution in [0.2, 0.25) is 0 Å². The molecule has 1 aromatic carbocycles. The Morgan fingerprint density at radius 2 is 2.29 bits per heavy atom. The molecule has 0 unspecified atom stereocenters. The summed E-state index contributed by atoms with van der Waals surface area (Å²) in [7, 11) is 1.67. The molecule has 17 heavy (non-hydrogen) atoms. The van der Waals surface area contributed by atoms with Gasteiger partial charge in [0.25, 0.3) is 0 Å². The number of nitrogens with two attached hydrogens (primary N) is 1. The SMILES string of the molecule is Bc1cc(NC(=N)c2nscc2N)ccc1F. The van der Waals surface area contributed by atoms with Crippen LogP contribution in [0.1, 0.15) is 5.69 Å². The van der Waals surface area contributed by atoms with Crippen molar-refractivity contribution in [3.8, 4) is 0 Å². The van der Waals surface area contributed by atoms with E-state index in [2.05, 4.69) is 9.69 Å². The zero-order valence-corrected chi connectivity index (χ0v) is 9.94. The summed E-state index contributed by atoms with van der Waals surface area (Å²) in [4.78, 5) is 0. The molecule has 0 fully saturated rings. The molecule has 1 aromatic heterocycles. The predicted molar refractivity (Wildman–Crippen MR) is 71.6 cm³/mol. The second kappa shape index (κ2) is 4.54. The van der Waals surface area contributed by atoms with Gasteiger partial charge in [0.1, 0.15) is 19.4 Å². The van der Waals surface area contributed by atoms with Crippen LogP contribution < -0.4 is 16.5 Å². The van der Waals surface area contributed by atoms with Crippen molar-refractivity contribution in [3.05, 3.63) is 35.1 Å². The van der Waals surface area contributed by atoms with Gasteiger partial charge in [0, 0.05) is 11.1 Å². The second-order valence-electron chi connectivity index (χ2n) is 3.58. The van der Waals surface area contributed by atoms with Gasteiger partial charge in [-0.05, 0) is 29.7 Å². The number of rotatable bonds is 2. The monoisotopic (exact) mass is 248 g/mol. The van der Waals surface area contributed by atoms with E-state index < -0.39 is 0 Å². The maximum absolute atomic E-state index is 13.1. The first-order valence-corrected chi connectivity index (χ1v) is 5.73. The molecule has 4 N–H and O–H groups in total. The van der Waals surface area contributed by atoms with Crippen molar-refractivity contribution in [2.24, 2.45) is 0 Å². The minimum absolute atomic E-state index is 0.106. The third kappa shape index (κ3) is 2.44. The van der Waals surface area contributed by atoms with Gasteiger partial charge in [0.2, 0.25) is 0 Å². The lowest BCUT2D eigenvalue weighted by Crippen LogP contribution is -2.16. The highest BCUT2D eigenvalue weighted by Gasteiger charge is 2.09. The van der Waals surface area contributed by atoms with Gasteiger partial charge in [-0.25, -0.2) is 4.39 Å². The van der Waals surface area contributed by atoms with E-state index in [-0.39, 0.29) is 11.7 Å². The zero-order chi connectivity index (χ0) is 12.4. The molecule has 0 saturated heterocycles. The number of hydrogen-bond donors (Lipinski definition) is 3. The van der Waals surface area contributed by atoms with E-state index in [0.29, 0.717) is 22.5 Å². The lowest BCUT2D eigenvalue weighted by atomic mass is 9.95. The molecule has 0 spiro atoms. The van der Waals surface area contributed by atoms with Crippen LogP contribution in [0.4, 0.5) is 15.8 Å². The summed E-state index contributed by atoms with van der Waals surface area (Å²) in [6, 6.07) is 4.56. The third-order valence-corrected chi connectivity index (χ3v) is 2.91. The average Bonchev–Trinajstić information content (AvgIpc) is 2.70. The molecule has 7 heteroatoms. The molecular weight excluding hydrogens is 238 g/mol. The Morgan fingerprint density at radius 1 is 1.53 bits per heavy atom. The van der Waals surface area contributed by atoms with Crippen LogP contribution >= 0.6 is 11.5 Å². The van der Waals surface area contributed by atoms with Crippen LogP contribution in [0.25, 0.3) is 0 Å². The van der Waals surface area contributed by atoms with E-state index >= 15 is 0 Å². The van der Waals surface area contributed by atoms with E-state index in [4.69, 9.17) is 11.1 Å². The van der Waals surface area contributed by atoms with Gasteiger partial charge in [-0.1, -0.05) is 5.46 Å². The fourth-order valence-electron chi connectivity index (χ4n) is 1.36. The molecule has 0 atom stereocenters. The maximum Gasteiger partial charge on any atom is 0.152 e. The molecule has 0 saturated carbocycles. The predicted octanol–water partition coefficient (Wildman–Crippen LogP) is 0.560. The molecule has 1 heterocycles. The maximum atomic E-state index is 13.1. The van der Waals surface area contributed by atoms with Gasteiger partial charge >= 0.3 is 0 Å². The number of benzene rings is 1. The number of nitrogens with one attached hydrogen (secondary N) is 2. The van der Waals surface area contributed by atoms with Crippen molar-refractivity contribution in [2.45, 2.75) is 0 Å². The molecule has 2 aromatic rings. The van der Waals surface area contributed by atoms with Crippen molar-refractivity contribution >= 4 is 42.1 Å². The zero-order valence-electron chi connectivity index (χ0n) is 9.12. The summed E-state index contributed by atoms with van der Waals surface area (Å²) < 4.78 is 17.1. The molecule has 0 amide bonds. The average molecular weight is 248 g/mol. The summed E-state index contributed by atoms with van der Waals surface area (Å²) in [5.74, 6) is -0.162. The Balaban J connectivity index is 2.19. The van der Waals surface area contributed by atoms with Crippen LogP contribution in [0.3, 0.4) is 0 Å². The van der Waals surface area contributed by atoms with Crippen molar-refractivity contribution in [1.29, 1.82) is 5.41 Å². The summed E-state index contributed by atoms with van der Waals surface area (Å²) >= 11 is 1.19. The summed E-state index contributed by atoms with van der Waals surface area (Å²) in [6.45, 7) is 0. The lowest BCUT2D eigenvalue weighted by Gasteiger charge is -2.07. The van der Waals surface area contributed by atoms with E-state index in [1.165, 1.54) is 17.6 Å². The minimum Gasteiger partial charge on any atom is -0.396 e. The molecule has 0 radical (unpaired) electrons. The largest absolute Gasteiger partial charge is 0.396 e. The second-order valence-corrected chi connectivity index (χ2v) is 4.21. The Labute approximate surface area is 103 Å². The first-order chi connectivity index (χ1) is 8.08. The number of anilines is 2. The van der Waals surface area contributed by atoms with E-state index in [9.17, 15) is 4.39 Å². The van der Waals surface area contributed by atoms with E-state index in [0.717, 1.165) is 0 Å². The van der Waals surface area contributed by atoms with Crippen molar-refractivity contribution in [2.75, 3.05) is 11.1 Å². The van der Waals surface area contributed by atoms with Crippen LogP contribution in [-0.2, 0) is 0 Å². The number of aromatic nitrogens is 1. The number of halogens is 1. The molecule has 2 rings (SSSR count). The first kappa shape index (κ1) is 11.6. The van der Waals surface area contributed by atoms with E-state index in [1.54, 1.807) is 25.4 Å². The Hall–Kier alpha value is -1.89. The fourth-order valence-corrected chi connectivity index (χ4v) is 1.94. The topological polar surface area (TPSA) is 74.8 Å². The van der Waals surface area contributed by atoms with Gasteiger partial charge in [-0.15, -0.1) is 0 Å². The highest BCUT2D eigenvalue weighted by Crippen LogP contribution is 2.15. The van der Waals surface area contributed by atoms with Gasteiger partial charge in [0.05, 0.1) is 5.69 Å². The van der Waals surface area contributed by atoms with Crippen LogP contribution in [0.5, 0.6) is 0 Å². The normalized spacial score (nSPS) is 10.2. The molecule has 0 bridgehead atoms. The lowest BCUT2D eigenvalue weighted by molar-refractivity contribution is 0.636. The van der Waals surface area contributed by atoms with Gasteiger partial charge in [-0.3, -0.25) is 5.41 Å². The number of nitrogens with zero attached hydrogens (tertiary/aromatic N) is 1. The van der Waals surface area contributed by atoms with E-state index in [1.807, 2.05) is 0 Å². The Morgan fingerprint density at radius 3 is 2.88 bits per heavy atom. The Bertz CT molecular complexity index is 569. The van der Waals surface area contributed by atoms with Crippen molar-refractivity contribution in [1.82, 2.24) is 4.37 Å². The minimum atomic E-state index is -0.268. The standard InChI is InChI=1S/C10H10BFN4S/c11-6-3-5(1-2-7(6)12)15-10(14)9-8(13)4-17-16-9/h1-4H,11,13H2,(H2,14,15). The highest BCUT2D eigenvalue weighted by atomic mass is 32.1. The van der Waals surface area contributed by atoms with Gasteiger partial charge in [-0.2, -0.15) is 4.37 Å². The van der Waals surface area contributed by atoms with Crippen LogP contribution in [-0.4, -0.2) is 18.1 Å². The molecule has 0 aliphatic heterocycles. The number of amidine groups is 1. The summed E-state index contributed by atoms with van der Waals surface area (Å²) in [5.41, 5.74) is 7.70. The first-order valence-electron chi connectivity index (χ1n) is 4.90. The number of nitrogen functional groups attached to an aromatic ring is 1. The smallest absolute Gasteiger partial charge is 0.152 e. The fraction of sp³-hybridized carbons (Fsp3) is 0. The Kier molecular flexibility index (Phi) is 3.10. The van der Waals surface area contributed by atoms with Crippen LogP contribution in [0, 0.1) is 11.2 Å². The van der Waals surface area contributed by atoms with Crippen LogP contribution in [0.15, 0.2) is 23.6 Å². The van der Waals surface area contributed by atoms with Crippen molar-refractivity contribution < 1.29 is 4.39 Å². The van der Waals surface area contributed by atoms with Gasteiger partial charge < -0.3 is 11.1 Å². The highest BCUT2D eigenvalue weighted by molar-refractivity contribution is 7.04. The third-order valence-electron chi connectivity index (χ3n) is 2.26. The summed E-state index contributed by atoms with van der Waals surface area (Å²) in [5, 5.41) is 12.3. The van der Waals surface area contributed by atoms with Crippen molar-refractivity contribution in [3.63, 3.8) is 0 Å². The molecular formula is C10H10BFN4S. The molecule has 0 aliphatic carbocycles. The summed E-state index contributed by atoms with van der Waals surface area (Å²) in [6.07, 6.45) is 0. The molecule has 4 nitrogen and oxygen atoms in total. The molecule has 0 aliphatic rings. The quantitative estimate of drug-likeness (QED) is 0.413. The van der Waals surface area contributed by atoms with Gasteiger partial charge in [0.15, 0.2) is 5.84 Å².